The van der Waals surface area contributed by atoms with E-state index >= 15 is 0 Å². The van der Waals surface area contributed by atoms with Crippen molar-refractivity contribution in [2.75, 3.05) is 0 Å². The first kappa shape index (κ1) is 10.7. The van der Waals surface area contributed by atoms with Crippen molar-refractivity contribution in [2.24, 2.45) is 0 Å². The standard InChI is InChI=1S/C8H14N2O2/c1-5(2)9-8(12)6(3)10-7(4)11/h5H,3H2,1-2,4H3,(H,9,12)(H,10,11). The summed E-state index contributed by atoms with van der Waals surface area (Å²) >= 11 is 0. The molecule has 2 N–H and O–H groups in total. The van der Waals surface area contributed by atoms with Crippen LogP contribution in [0.4, 0.5) is 0 Å². The number of rotatable bonds is 3. The maximum Gasteiger partial charge on any atom is 0.267 e. The summed E-state index contributed by atoms with van der Waals surface area (Å²) in [6.45, 7) is 8.40. The fraction of sp³-hybridized carbons (Fsp3) is 0.500. The highest BCUT2D eigenvalue weighted by Crippen LogP contribution is 1.86. The van der Waals surface area contributed by atoms with Crippen LogP contribution in [0.15, 0.2) is 12.3 Å². The number of nitrogens with one attached hydrogen (secondary N) is 2. The Morgan fingerprint density at radius 2 is 1.83 bits per heavy atom. The minimum atomic E-state index is -0.347. The van der Waals surface area contributed by atoms with E-state index in [4.69, 9.17) is 0 Å². The highest BCUT2D eigenvalue weighted by molar-refractivity contribution is 5.96. The molecule has 4 heteroatoms. The zero-order valence-corrected chi connectivity index (χ0v) is 7.60. The van der Waals surface area contributed by atoms with Gasteiger partial charge in [-0.05, 0) is 13.8 Å². The van der Waals surface area contributed by atoms with Gasteiger partial charge in [0.1, 0.15) is 0 Å². The molecule has 12 heavy (non-hydrogen) atoms. The molecular formula is C8H14N2O2. The van der Waals surface area contributed by atoms with E-state index < -0.39 is 0 Å². The average Bonchev–Trinajstić information content (AvgIpc) is 1.84. The van der Waals surface area contributed by atoms with Gasteiger partial charge in [0.15, 0.2) is 0 Å². The SMILES string of the molecule is C=C(NC(C)=O)C(=O)NC(C)C. The lowest BCUT2D eigenvalue weighted by Gasteiger charge is -2.09. The van der Waals surface area contributed by atoms with Crippen LogP contribution in [0.25, 0.3) is 0 Å². The summed E-state index contributed by atoms with van der Waals surface area (Å²) in [7, 11) is 0. The monoisotopic (exact) mass is 170 g/mol. The van der Waals surface area contributed by atoms with Gasteiger partial charge in [-0.15, -0.1) is 0 Å². The highest BCUT2D eigenvalue weighted by Gasteiger charge is 2.08. The predicted octanol–water partition coefficient (Wildman–Crippen LogP) is 0.161. The molecule has 0 radical (unpaired) electrons. The molecule has 4 nitrogen and oxygen atoms in total. The van der Waals surface area contributed by atoms with Gasteiger partial charge >= 0.3 is 0 Å². The molecule has 2 amide bonds. The van der Waals surface area contributed by atoms with E-state index in [1.807, 2.05) is 13.8 Å². The van der Waals surface area contributed by atoms with Gasteiger partial charge in [-0.3, -0.25) is 9.59 Å². The summed E-state index contributed by atoms with van der Waals surface area (Å²) in [5, 5.41) is 4.90. The largest absolute Gasteiger partial charge is 0.349 e. The van der Waals surface area contributed by atoms with Crippen molar-refractivity contribution in [3.8, 4) is 0 Å². The third-order valence-electron chi connectivity index (χ3n) is 1.02. The Morgan fingerprint density at radius 3 is 2.17 bits per heavy atom. The molecule has 0 unspecified atom stereocenters. The Hall–Kier alpha value is -1.32. The van der Waals surface area contributed by atoms with E-state index in [-0.39, 0.29) is 23.6 Å². The average molecular weight is 170 g/mol. The van der Waals surface area contributed by atoms with Crippen molar-refractivity contribution in [3.63, 3.8) is 0 Å². The molecule has 0 saturated carbocycles. The van der Waals surface area contributed by atoms with E-state index in [1.54, 1.807) is 0 Å². The molecule has 0 aliphatic carbocycles. The molecule has 0 bridgehead atoms. The van der Waals surface area contributed by atoms with Crippen LogP contribution in [0.1, 0.15) is 20.8 Å². The first-order chi connectivity index (χ1) is 5.43. The summed E-state index contributed by atoms with van der Waals surface area (Å²) < 4.78 is 0. The molecule has 0 aliphatic rings. The summed E-state index contributed by atoms with van der Waals surface area (Å²) in [5.74, 6) is -0.640. The molecule has 0 aromatic carbocycles. The van der Waals surface area contributed by atoms with Crippen molar-refractivity contribution in [1.82, 2.24) is 10.6 Å². The number of amides is 2. The van der Waals surface area contributed by atoms with Gasteiger partial charge in [0.25, 0.3) is 5.91 Å². The van der Waals surface area contributed by atoms with E-state index in [0.717, 1.165) is 0 Å². The van der Waals surface area contributed by atoms with E-state index in [0.29, 0.717) is 0 Å². The Balaban J connectivity index is 3.94. The van der Waals surface area contributed by atoms with Crippen LogP contribution >= 0.6 is 0 Å². The van der Waals surface area contributed by atoms with Crippen LogP contribution in [0.2, 0.25) is 0 Å². The van der Waals surface area contributed by atoms with E-state index in [1.165, 1.54) is 6.92 Å². The quantitative estimate of drug-likeness (QED) is 0.593. The van der Waals surface area contributed by atoms with E-state index in [2.05, 4.69) is 17.2 Å². The van der Waals surface area contributed by atoms with Gasteiger partial charge in [0.05, 0.1) is 5.70 Å². The lowest BCUT2D eigenvalue weighted by molar-refractivity contribution is -0.122. The van der Waals surface area contributed by atoms with Crippen LogP contribution in [0.3, 0.4) is 0 Å². The van der Waals surface area contributed by atoms with E-state index in [9.17, 15) is 9.59 Å². The summed E-state index contributed by atoms with van der Waals surface area (Å²) in [6.07, 6.45) is 0. The zero-order chi connectivity index (χ0) is 9.72. The van der Waals surface area contributed by atoms with Crippen molar-refractivity contribution >= 4 is 11.8 Å². The summed E-state index contributed by atoms with van der Waals surface area (Å²) in [4.78, 5) is 21.6. The van der Waals surface area contributed by atoms with Crippen LogP contribution in [-0.4, -0.2) is 17.9 Å². The Bertz CT molecular complexity index is 209. The van der Waals surface area contributed by atoms with Crippen LogP contribution < -0.4 is 10.6 Å². The second-order valence-electron chi connectivity index (χ2n) is 2.79. The second-order valence-corrected chi connectivity index (χ2v) is 2.79. The van der Waals surface area contributed by atoms with Crippen LogP contribution in [-0.2, 0) is 9.59 Å². The molecular weight excluding hydrogens is 156 g/mol. The lowest BCUT2D eigenvalue weighted by Crippen LogP contribution is -2.36. The molecule has 0 rings (SSSR count). The van der Waals surface area contributed by atoms with Gasteiger partial charge in [-0.2, -0.15) is 0 Å². The van der Waals surface area contributed by atoms with Gasteiger partial charge in [-0.1, -0.05) is 6.58 Å². The third kappa shape index (κ3) is 4.49. The lowest BCUT2D eigenvalue weighted by atomic mass is 10.3. The fourth-order valence-corrected chi connectivity index (χ4v) is 0.619. The summed E-state index contributed by atoms with van der Waals surface area (Å²) in [5.41, 5.74) is 0.0798. The fourth-order valence-electron chi connectivity index (χ4n) is 0.619. The molecule has 0 fully saturated rings. The number of carbonyl (C=O) groups excluding carboxylic acids is 2. The van der Waals surface area contributed by atoms with Crippen molar-refractivity contribution in [1.29, 1.82) is 0 Å². The normalized spacial score (nSPS) is 9.33. The first-order valence-corrected chi connectivity index (χ1v) is 3.71. The Morgan fingerprint density at radius 1 is 1.33 bits per heavy atom. The topological polar surface area (TPSA) is 58.2 Å². The third-order valence-corrected chi connectivity index (χ3v) is 1.02. The highest BCUT2D eigenvalue weighted by atomic mass is 16.2. The molecule has 0 spiro atoms. The van der Waals surface area contributed by atoms with Crippen molar-refractivity contribution in [3.05, 3.63) is 12.3 Å². The molecule has 68 valence electrons. The van der Waals surface area contributed by atoms with Crippen LogP contribution in [0.5, 0.6) is 0 Å². The number of hydrogen-bond acceptors (Lipinski definition) is 2. The minimum absolute atomic E-state index is 0.0445. The minimum Gasteiger partial charge on any atom is -0.349 e. The van der Waals surface area contributed by atoms with Gasteiger partial charge in [0, 0.05) is 13.0 Å². The number of carbonyl (C=O) groups is 2. The smallest absolute Gasteiger partial charge is 0.267 e. The Kier molecular flexibility index (Phi) is 4.04. The number of hydrogen-bond donors (Lipinski definition) is 2. The molecule has 0 aliphatic heterocycles. The van der Waals surface area contributed by atoms with Gasteiger partial charge < -0.3 is 10.6 Å². The second kappa shape index (κ2) is 4.54. The van der Waals surface area contributed by atoms with Gasteiger partial charge in [0.2, 0.25) is 5.91 Å². The molecule has 0 aromatic heterocycles. The van der Waals surface area contributed by atoms with Crippen molar-refractivity contribution in [2.45, 2.75) is 26.8 Å². The molecule has 0 atom stereocenters. The summed E-state index contributed by atoms with van der Waals surface area (Å²) in [6, 6.07) is 0.0445. The zero-order valence-electron chi connectivity index (χ0n) is 7.60. The molecule has 0 saturated heterocycles. The van der Waals surface area contributed by atoms with Crippen LogP contribution in [0, 0.1) is 0 Å². The molecule has 0 heterocycles. The Labute approximate surface area is 72.0 Å². The maximum absolute atomic E-state index is 11.1. The molecule has 0 aromatic rings. The maximum atomic E-state index is 11.1. The predicted molar refractivity (Wildman–Crippen MR) is 46.2 cm³/mol. The van der Waals surface area contributed by atoms with Crippen molar-refractivity contribution < 1.29 is 9.59 Å². The van der Waals surface area contributed by atoms with Gasteiger partial charge in [-0.25, -0.2) is 0 Å². The first-order valence-electron chi connectivity index (χ1n) is 3.71.